The molecule has 3 rings (SSSR count). The number of aromatic nitrogens is 1. The summed E-state index contributed by atoms with van der Waals surface area (Å²) in [5.41, 5.74) is 0.615. The third-order valence-electron chi connectivity index (χ3n) is 3.72. The molecule has 1 heterocycles. The quantitative estimate of drug-likeness (QED) is 0.773. The van der Waals surface area contributed by atoms with Crippen LogP contribution in [0.3, 0.4) is 0 Å². The number of thiazole rings is 1. The first-order valence-electron chi connectivity index (χ1n) is 7.04. The Morgan fingerprint density at radius 3 is 2.83 bits per heavy atom. The van der Waals surface area contributed by atoms with Crippen molar-refractivity contribution < 1.29 is 17.9 Å². The highest BCUT2D eigenvalue weighted by molar-refractivity contribution is 7.15. The van der Waals surface area contributed by atoms with Gasteiger partial charge in [0.2, 0.25) is 0 Å². The maximum atomic E-state index is 12.7. The molecule has 1 aromatic heterocycles. The van der Waals surface area contributed by atoms with Gasteiger partial charge >= 0.3 is 6.18 Å². The van der Waals surface area contributed by atoms with Crippen molar-refractivity contribution in [3.05, 3.63) is 39.4 Å². The molecule has 2 aromatic rings. The highest BCUT2D eigenvalue weighted by atomic mass is 35.5. The Bertz CT molecular complexity index is 717. The topological polar surface area (TPSA) is 34.1 Å². The van der Waals surface area contributed by atoms with E-state index >= 15 is 0 Å². The molecular weight excluding hydrogens is 349 g/mol. The van der Waals surface area contributed by atoms with Gasteiger partial charge in [0.25, 0.3) is 0 Å². The van der Waals surface area contributed by atoms with Crippen molar-refractivity contribution in [2.75, 3.05) is 12.4 Å². The van der Waals surface area contributed by atoms with Crippen LogP contribution in [0.1, 0.15) is 35.1 Å². The predicted molar refractivity (Wildman–Crippen MR) is 84.5 cm³/mol. The van der Waals surface area contributed by atoms with Gasteiger partial charge in [0.15, 0.2) is 5.13 Å². The summed E-state index contributed by atoms with van der Waals surface area (Å²) >= 11 is 7.41. The Hall–Kier alpha value is -1.31. The van der Waals surface area contributed by atoms with E-state index in [9.17, 15) is 13.2 Å². The number of rotatable bonds is 3. The zero-order chi connectivity index (χ0) is 16.6. The van der Waals surface area contributed by atoms with Crippen LogP contribution in [0.2, 0.25) is 5.02 Å². The molecule has 0 saturated heterocycles. The lowest BCUT2D eigenvalue weighted by molar-refractivity contribution is -0.137. The van der Waals surface area contributed by atoms with Gasteiger partial charge in [0.1, 0.15) is 0 Å². The van der Waals surface area contributed by atoms with Crippen molar-refractivity contribution in [1.29, 1.82) is 0 Å². The minimum Gasteiger partial charge on any atom is -0.376 e. The molecule has 0 spiro atoms. The fourth-order valence-electron chi connectivity index (χ4n) is 2.57. The van der Waals surface area contributed by atoms with E-state index in [4.69, 9.17) is 16.3 Å². The average molecular weight is 363 g/mol. The summed E-state index contributed by atoms with van der Waals surface area (Å²) in [4.78, 5) is 5.58. The second-order valence-corrected chi connectivity index (χ2v) is 6.70. The fourth-order valence-corrected chi connectivity index (χ4v) is 3.93. The number of benzene rings is 1. The lowest BCUT2D eigenvalue weighted by Gasteiger charge is -2.18. The highest BCUT2D eigenvalue weighted by Gasteiger charge is 2.31. The van der Waals surface area contributed by atoms with Gasteiger partial charge in [-0.1, -0.05) is 22.9 Å². The van der Waals surface area contributed by atoms with Crippen LogP contribution in [0.25, 0.3) is 0 Å². The van der Waals surface area contributed by atoms with Crippen LogP contribution in [0.15, 0.2) is 18.2 Å². The van der Waals surface area contributed by atoms with Gasteiger partial charge in [-0.25, -0.2) is 4.98 Å². The van der Waals surface area contributed by atoms with Crippen LogP contribution in [-0.2, 0) is 17.3 Å². The number of ether oxygens (including phenoxy) is 1. The minimum absolute atomic E-state index is 0.0105. The van der Waals surface area contributed by atoms with Crippen molar-refractivity contribution in [3.63, 3.8) is 0 Å². The summed E-state index contributed by atoms with van der Waals surface area (Å²) in [7, 11) is 1.67. The molecule has 0 aliphatic heterocycles. The van der Waals surface area contributed by atoms with Crippen LogP contribution < -0.4 is 5.32 Å². The molecule has 23 heavy (non-hydrogen) atoms. The number of anilines is 2. The van der Waals surface area contributed by atoms with Crippen molar-refractivity contribution in [2.45, 2.75) is 31.5 Å². The largest absolute Gasteiger partial charge is 0.416 e. The fraction of sp³-hybridized carbons (Fsp3) is 0.400. The standard InChI is InChI=1S/C15H14ClF3N2OS/c1-22-12-4-2-3-11-13(12)23-14(21-11)20-10-6-5-8(7-9(10)16)15(17,18)19/h5-7,12H,2-4H2,1H3,(H,20,21). The van der Waals surface area contributed by atoms with E-state index in [1.165, 1.54) is 17.4 Å². The van der Waals surface area contributed by atoms with E-state index in [2.05, 4.69) is 10.3 Å². The molecule has 124 valence electrons. The zero-order valence-corrected chi connectivity index (χ0v) is 13.8. The van der Waals surface area contributed by atoms with Crippen LogP contribution in [-0.4, -0.2) is 12.1 Å². The first-order chi connectivity index (χ1) is 10.9. The average Bonchev–Trinajstić information content (AvgIpc) is 2.90. The van der Waals surface area contributed by atoms with Crippen LogP contribution in [0.5, 0.6) is 0 Å². The Kier molecular flexibility index (Phi) is 4.53. The van der Waals surface area contributed by atoms with Crippen molar-refractivity contribution in [2.24, 2.45) is 0 Å². The third kappa shape index (κ3) is 3.46. The van der Waals surface area contributed by atoms with Gasteiger partial charge in [-0.15, -0.1) is 0 Å². The van der Waals surface area contributed by atoms with E-state index in [1.54, 1.807) is 7.11 Å². The minimum atomic E-state index is -4.41. The van der Waals surface area contributed by atoms with Gasteiger partial charge in [0, 0.05) is 7.11 Å². The molecule has 1 N–H and O–H groups in total. The first-order valence-corrected chi connectivity index (χ1v) is 8.24. The summed E-state index contributed by atoms with van der Waals surface area (Å²) in [5.74, 6) is 0. The molecule has 1 atom stereocenters. The number of aryl methyl sites for hydroxylation is 1. The molecule has 0 bridgehead atoms. The number of nitrogens with zero attached hydrogens (tertiary/aromatic N) is 1. The Labute approximate surface area is 140 Å². The molecule has 0 saturated carbocycles. The molecular formula is C15H14ClF3N2OS. The van der Waals surface area contributed by atoms with Crippen LogP contribution in [0.4, 0.5) is 24.0 Å². The van der Waals surface area contributed by atoms with Gasteiger partial charge in [-0.2, -0.15) is 13.2 Å². The molecule has 3 nitrogen and oxygen atoms in total. The van der Waals surface area contributed by atoms with E-state index in [-0.39, 0.29) is 11.1 Å². The number of fused-ring (bicyclic) bond motifs is 1. The van der Waals surface area contributed by atoms with Gasteiger partial charge in [0.05, 0.1) is 32.9 Å². The number of halogens is 4. The molecule has 0 amide bonds. The number of alkyl halides is 3. The lowest BCUT2D eigenvalue weighted by atomic mass is 10.0. The molecule has 0 radical (unpaired) electrons. The second-order valence-electron chi connectivity index (χ2n) is 5.26. The summed E-state index contributed by atoms with van der Waals surface area (Å²) in [6.45, 7) is 0. The van der Waals surface area contributed by atoms with Gasteiger partial charge in [-0.05, 0) is 37.5 Å². The predicted octanol–water partition coefficient (Wildman–Crippen LogP) is 5.58. The van der Waals surface area contributed by atoms with E-state index in [0.717, 1.165) is 42.0 Å². The van der Waals surface area contributed by atoms with Crippen molar-refractivity contribution >= 4 is 33.8 Å². The van der Waals surface area contributed by atoms with E-state index in [0.29, 0.717) is 10.8 Å². The highest BCUT2D eigenvalue weighted by Crippen LogP contribution is 2.40. The molecule has 1 unspecified atom stereocenters. The summed E-state index contributed by atoms with van der Waals surface area (Å²) < 4.78 is 43.4. The molecule has 0 fully saturated rings. The summed E-state index contributed by atoms with van der Waals surface area (Å²) in [6, 6.07) is 3.23. The molecule has 1 aliphatic rings. The molecule has 1 aromatic carbocycles. The smallest absolute Gasteiger partial charge is 0.376 e. The number of hydrogen-bond donors (Lipinski definition) is 1. The summed E-state index contributed by atoms with van der Waals surface area (Å²) in [6.07, 6.45) is -1.53. The van der Waals surface area contributed by atoms with Crippen LogP contribution >= 0.6 is 22.9 Å². The zero-order valence-electron chi connectivity index (χ0n) is 12.2. The van der Waals surface area contributed by atoms with E-state index in [1.807, 2.05) is 0 Å². The SMILES string of the molecule is COC1CCCc2nc(Nc3ccc(C(F)(F)F)cc3Cl)sc21. The molecule has 1 aliphatic carbocycles. The number of nitrogens with one attached hydrogen (secondary N) is 1. The lowest BCUT2D eigenvalue weighted by Crippen LogP contribution is -2.08. The Balaban J connectivity index is 1.84. The monoisotopic (exact) mass is 362 g/mol. The maximum absolute atomic E-state index is 12.7. The first kappa shape index (κ1) is 16.5. The third-order valence-corrected chi connectivity index (χ3v) is 5.14. The van der Waals surface area contributed by atoms with Crippen LogP contribution in [0, 0.1) is 0 Å². The number of methoxy groups -OCH3 is 1. The maximum Gasteiger partial charge on any atom is 0.416 e. The van der Waals surface area contributed by atoms with E-state index < -0.39 is 11.7 Å². The Morgan fingerprint density at radius 1 is 1.39 bits per heavy atom. The molecule has 8 heteroatoms. The second kappa shape index (κ2) is 6.30. The van der Waals surface area contributed by atoms with Crippen molar-refractivity contribution in [3.8, 4) is 0 Å². The van der Waals surface area contributed by atoms with Gasteiger partial charge in [-0.3, -0.25) is 0 Å². The normalized spacial score (nSPS) is 17.9. The Morgan fingerprint density at radius 2 is 2.17 bits per heavy atom. The number of hydrogen-bond acceptors (Lipinski definition) is 4. The summed E-state index contributed by atoms with van der Waals surface area (Å²) in [5, 5.41) is 3.63. The van der Waals surface area contributed by atoms with Crippen molar-refractivity contribution in [1.82, 2.24) is 4.98 Å². The van der Waals surface area contributed by atoms with Gasteiger partial charge < -0.3 is 10.1 Å².